The molecular formula is C12H15NO3. The predicted octanol–water partition coefficient (Wildman–Crippen LogP) is 1.30. The summed E-state index contributed by atoms with van der Waals surface area (Å²) >= 11 is 0. The molecule has 86 valence electrons. The molecule has 0 N–H and O–H groups in total. The van der Waals surface area contributed by atoms with Crippen molar-refractivity contribution in [3.63, 3.8) is 0 Å². The first kappa shape index (κ1) is 11.1. The normalized spacial score (nSPS) is 17.6. The van der Waals surface area contributed by atoms with Gasteiger partial charge in [0, 0.05) is 12.6 Å². The van der Waals surface area contributed by atoms with Gasteiger partial charge in [-0.05, 0) is 18.6 Å². The Morgan fingerprint density at radius 3 is 2.88 bits per heavy atom. The van der Waals surface area contributed by atoms with E-state index in [9.17, 15) is 4.79 Å². The summed E-state index contributed by atoms with van der Waals surface area (Å²) in [6.07, 6.45) is 2.92. The van der Waals surface area contributed by atoms with Gasteiger partial charge in [-0.3, -0.25) is 9.78 Å². The number of rotatable bonds is 4. The molecule has 0 amide bonds. The first-order chi connectivity index (χ1) is 7.77. The summed E-state index contributed by atoms with van der Waals surface area (Å²) in [6, 6.07) is 5.83. The molecule has 1 aliphatic rings. The molecule has 0 saturated carbocycles. The van der Waals surface area contributed by atoms with Gasteiger partial charge in [0.25, 0.3) is 0 Å². The second kappa shape index (κ2) is 4.61. The van der Waals surface area contributed by atoms with E-state index in [4.69, 9.17) is 4.74 Å². The number of hydrogen-bond donors (Lipinski definition) is 0. The molecule has 2 heterocycles. The lowest BCUT2D eigenvalue weighted by Gasteiger charge is -2.40. The average molecular weight is 221 g/mol. The maximum absolute atomic E-state index is 11.1. The van der Waals surface area contributed by atoms with Crippen LogP contribution in [0.15, 0.2) is 24.4 Å². The summed E-state index contributed by atoms with van der Waals surface area (Å²) < 4.78 is 9.92. The number of carbonyl (C=O) groups excluding carboxylic acids is 1. The Morgan fingerprint density at radius 1 is 1.56 bits per heavy atom. The van der Waals surface area contributed by atoms with Crippen molar-refractivity contribution in [2.24, 2.45) is 0 Å². The van der Waals surface area contributed by atoms with Gasteiger partial charge < -0.3 is 9.47 Å². The molecule has 0 atom stereocenters. The fourth-order valence-electron chi connectivity index (χ4n) is 1.89. The van der Waals surface area contributed by atoms with Crippen LogP contribution in [0.4, 0.5) is 0 Å². The van der Waals surface area contributed by atoms with Crippen LogP contribution in [0.5, 0.6) is 0 Å². The number of nitrogens with zero attached hydrogens (tertiary/aromatic N) is 1. The smallest absolute Gasteiger partial charge is 0.305 e. The summed E-state index contributed by atoms with van der Waals surface area (Å²) in [5.41, 5.74) is 0.917. The first-order valence-electron chi connectivity index (χ1n) is 5.33. The van der Waals surface area contributed by atoms with Crippen LogP contribution in [0.1, 0.15) is 18.5 Å². The number of esters is 1. The molecule has 4 heteroatoms. The van der Waals surface area contributed by atoms with Crippen molar-refractivity contribution in [2.75, 3.05) is 20.3 Å². The molecule has 0 radical (unpaired) electrons. The van der Waals surface area contributed by atoms with Gasteiger partial charge in [-0.25, -0.2) is 0 Å². The highest BCUT2D eigenvalue weighted by atomic mass is 16.5. The van der Waals surface area contributed by atoms with Gasteiger partial charge in [0.1, 0.15) is 0 Å². The third kappa shape index (κ3) is 2.07. The molecule has 2 rings (SSSR count). The Hall–Kier alpha value is -1.42. The van der Waals surface area contributed by atoms with E-state index in [1.807, 2.05) is 18.2 Å². The van der Waals surface area contributed by atoms with Crippen molar-refractivity contribution in [3.8, 4) is 0 Å². The summed E-state index contributed by atoms with van der Waals surface area (Å²) in [7, 11) is 1.41. The van der Waals surface area contributed by atoms with Crippen LogP contribution in [0, 0.1) is 0 Å². The summed E-state index contributed by atoms with van der Waals surface area (Å²) in [5, 5.41) is 0. The molecule has 1 aromatic heterocycles. The lowest BCUT2D eigenvalue weighted by atomic mass is 9.78. The van der Waals surface area contributed by atoms with Crippen molar-refractivity contribution >= 4 is 5.97 Å². The van der Waals surface area contributed by atoms with Crippen LogP contribution in [-0.4, -0.2) is 31.3 Å². The van der Waals surface area contributed by atoms with E-state index in [0.717, 1.165) is 12.1 Å². The highest BCUT2D eigenvalue weighted by molar-refractivity contribution is 5.69. The third-order valence-electron chi connectivity index (χ3n) is 3.00. The molecular weight excluding hydrogens is 206 g/mol. The quantitative estimate of drug-likeness (QED) is 0.719. The number of aromatic nitrogens is 1. The fraction of sp³-hybridized carbons (Fsp3) is 0.500. The molecule has 0 aliphatic carbocycles. The second-order valence-corrected chi connectivity index (χ2v) is 4.06. The molecule has 0 spiro atoms. The van der Waals surface area contributed by atoms with Crippen molar-refractivity contribution in [3.05, 3.63) is 30.1 Å². The van der Waals surface area contributed by atoms with E-state index >= 15 is 0 Å². The van der Waals surface area contributed by atoms with E-state index in [-0.39, 0.29) is 11.4 Å². The zero-order valence-electron chi connectivity index (χ0n) is 9.31. The Kier molecular flexibility index (Phi) is 3.19. The lowest BCUT2D eigenvalue weighted by molar-refractivity contribution is -0.142. The summed E-state index contributed by atoms with van der Waals surface area (Å²) in [6.45, 7) is 1.28. The van der Waals surface area contributed by atoms with Crippen LogP contribution in [0.25, 0.3) is 0 Å². The summed E-state index contributed by atoms with van der Waals surface area (Å²) in [4.78, 5) is 15.5. The minimum Gasteiger partial charge on any atom is -0.469 e. The van der Waals surface area contributed by atoms with Crippen LogP contribution in [-0.2, 0) is 19.7 Å². The molecule has 1 saturated heterocycles. The maximum atomic E-state index is 11.1. The average Bonchev–Trinajstić information content (AvgIpc) is 2.29. The van der Waals surface area contributed by atoms with Crippen molar-refractivity contribution in [1.82, 2.24) is 4.98 Å². The molecule has 1 fully saturated rings. The monoisotopic (exact) mass is 221 g/mol. The van der Waals surface area contributed by atoms with E-state index in [2.05, 4.69) is 9.72 Å². The summed E-state index contributed by atoms with van der Waals surface area (Å²) in [5.74, 6) is -0.179. The van der Waals surface area contributed by atoms with E-state index in [0.29, 0.717) is 19.6 Å². The Labute approximate surface area is 94.6 Å². The highest BCUT2D eigenvalue weighted by Gasteiger charge is 2.41. The van der Waals surface area contributed by atoms with Crippen LogP contribution in [0.3, 0.4) is 0 Å². The van der Waals surface area contributed by atoms with Gasteiger partial charge in [-0.2, -0.15) is 0 Å². The van der Waals surface area contributed by atoms with Crippen LogP contribution >= 0.6 is 0 Å². The standard InChI is InChI=1S/C12H15NO3/c1-15-11(14)5-6-12(8-16-9-12)10-4-2-3-7-13-10/h2-4,7H,5-6,8-9H2,1H3. The third-order valence-corrected chi connectivity index (χ3v) is 3.00. The lowest BCUT2D eigenvalue weighted by Crippen LogP contribution is -2.47. The number of pyridine rings is 1. The number of ether oxygens (including phenoxy) is 2. The van der Waals surface area contributed by atoms with Crippen molar-refractivity contribution in [2.45, 2.75) is 18.3 Å². The molecule has 4 nitrogen and oxygen atoms in total. The zero-order chi connectivity index (χ0) is 11.4. The fourth-order valence-corrected chi connectivity index (χ4v) is 1.89. The van der Waals surface area contributed by atoms with E-state index in [1.54, 1.807) is 6.20 Å². The van der Waals surface area contributed by atoms with Gasteiger partial charge in [0.05, 0.1) is 31.4 Å². The van der Waals surface area contributed by atoms with Gasteiger partial charge in [-0.15, -0.1) is 0 Å². The van der Waals surface area contributed by atoms with Gasteiger partial charge in [0.15, 0.2) is 0 Å². The molecule has 0 unspecified atom stereocenters. The number of hydrogen-bond acceptors (Lipinski definition) is 4. The van der Waals surface area contributed by atoms with Gasteiger partial charge in [0.2, 0.25) is 0 Å². The first-order valence-corrected chi connectivity index (χ1v) is 5.33. The molecule has 1 aliphatic heterocycles. The van der Waals surface area contributed by atoms with Gasteiger partial charge in [-0.1, -0.05) is 6.07 Å². The van der Waals surface area contributed by atoms with Crippen molar-refractivity contribution < 1.29 is 14.3 Å². The number of methoxy groups -OCH3 is 1. The van der Waals surface area contributed by atoms with E-state index in [1.165, 1.54) is 7.11 Å². The maximum Gasteiger partial charge on any atom is 0.305 e. The predicted molar refractivity (Wildman–Crippen MR) is 58.0 cm³/mol. The van der Waals surface area contributed by atoms with Crippen LogP contribution in [0.2, 0.25) is 0 Å². The van der Waals surface area contributed by atoms with Crippen LogP contribution < -0.4 is 0 Å². The van der Waals surface area contributed by atoms with Crippen molar-refractivity contribution in [1.29, 1.82) is 0 Å². The number of carbonyl (C=O) groups is 1. The minimum absolute atomic E-state index is 0.0878. The Balaban J connectivity index is 2.06. The topological polar surface area (TPSA) is 48.4 Å². The Morgan fingerprint density at radius 2 is 2.38 bits per heavy atom. The molecule has 1 aromatic rings. The Bertz CT molecular complexity index is 360. The zero-order valence-corrected chi connectivity index (χ0v) is 9.31. The molecule has 0 bridgehead atoms. The van der Waals surface area contributed by atoms with E-state index < -0.39 is 0 Å². The second-order valence-electron chi connectivity index (χ2n) is 4.06. The molecule has 0 aromatic carbocycles. The van der Waals surface area contributed by atoms with Gasteiger partial charge >= 0.3 is 5.97 Å². The molecule has 16 heavy (non-hydrogen) atoms. The largest absolute Gasteiger partial charge is 0.469 e. The minimum atomic E-state index is -0.179. The SMILES string of the molecule is COC(=O)CCC1(c2ccccn2)COC1. The highest BCUT2D eigenvalue weighted by Crippen LogP contribution is 2.35.